The first kappa shape index (κ1) is 17.2. The van der Waals surface area contributed by atoms with E-state index in [1.54, 1.807) is 7.05 Å². The molecule has 1 unspecified atom stereocenters. The molecule has 22 heavy (non-hydrogen) atoms. The standard InChI is InChI=1S/C14H19F3N2O2S/c1-18-12-6-4-8-19(9-12)22(20,21)10-11-5-2-3-7-13(11)14(15,16)17/h2-3,5,7,12,18H,4,6,8-10H2,1H3. The summed E-state index contributed by atoms with van der Waals surface area (Å²) in [5.74, 6) is -0.626. The Hall–Kier alpha value is -1.12. The average Bonchev–Trinajstić information content (AvgIpc) is 2.46. The molecule has 0 aliphatic carbocycles. The van der Waals surface area contributed by atoms with E-state index in [1.807, 2.05) is 0 Å². The Kier molecular flexibility index (Phi) is 5.14. The lowest BCUT2D eigenvalue weighted by atomic mass is 10.1. The number of rotatable bonds is 4. The van der Waals surface area contributed by atoms with Gasteiger partial charge in [-0.05, 0) is 31.5 Å². The van der Waals surface area contributed by atoms with E-state index < -0.39 is 27.5 Å². The Morgan fingerprint density at radius 1 is 1.32 bits per heavy atom. The molecule has 1 aromatic carbocycles. The number of benzene rings is 1. The van der Waals surface area contributed by atoms with Crippen LogP contribution in [0, 0.1) is 0 Å². The second-order valence-corrected chi connectivity index (χ2v) is 7.37. The third-order valence-corrected chi connectivity index (χ3v) is 5.64. The molecule has 1 atom stereocenters. The van der Waals surface area contributed by atoms with Gasteiger partial charge in [-0.3, -0.25) is 0 Å². The summed E-state index contributed by atoms with van der Waals surface area (Å²) < 4.78 is 65.0. The summed E-state index contributed by atoms with van der Waals surface area (Å²) in [6.45, 7) is 0.654. The molecule has 124 valence electrons. The Morgan fingerprint density at radius 3 is 2.64 bits per heavy atom. The molecule has 0 aromatic heterocycles. The highest BCUT2D eigenvalue weighted by Gasteiger charge is 2.35. The zero-order chi connectivity index (χ0) is 16.4. The fraction of sp³-hybridized carbons (Fsp3) is 0.571. The predicted octanol–water partition coefficient (Wildman–Crippen LogP) is 2.22. The molecular formula is C14H19F3N2O2S. The highest BCUT2D eigenvalue weighted by Crippen LogP contribution is 2.33. The second-order valence-electron chi connectivity index (χ2n) is 5.40. The van der Waals surface area contributed by atoms with E-state index in [0.717, 1.165) is 12.5 Å². The van der Waals surface area contributed by atoms with Gasteiger partial charge in [0.05, 0.1) is 11.3 Å². The van der Waals surface area contributed by atoms with Crippen molar-refractivity contribution in [2.24, 2.45) is 0 Å². The van der Waals surface area contributed by atoms with E-state index in [2.05, 4.69) is 5.32 Å². The van der Waals surface area contributed by atoms with Gasteiger partial charge in [-0.1, -0.05) is 18.2 Å². The lowest BCUT2D eigenvalue weighted by Gasteiger charge is -2.32. The summed E-state index contributed by atoms with van der Waals surface area (Å²) in [5, 5.41) is 3.02. The topological polar surface area (TPSA) is 49.4 Å². The maximum absolute atomic E-state index is 13.0. The zero-order valence-corrected chi connectivity index (χ0v) is 13.0. The van der Waals surface area contributed by atoms with E-state index >= 15 is 0 Å². The van der Waals surface area contributed by atoms with Crippen molar-refractivity contribution < 1.29 is 21.6 Å². The number of nitrogens with zero attached hydrogens (tertiary/aromatic N) is 1. The van der Waals surface area contributed by atoms with Gasteiger partial charge in [-0.2, -0.15) is 13.2 Å². The van der Waals surface area contributed by atoms with Crippen LogP contribution in [-0.2, 0) is 22.0 Å². The fourth-order valence-electron chi connectivity index (χ4n) is 2.64. The molecule has 1 aromatic rings. The maximum Gasteiger partial charge on any atom is 0.416 e. The van der Waals surface area contributed by atoms with Gasteiger partial charge in [0.1, 0.15) is 0 Å². The van der Waals surface area contributed by atoms with E-state index in [0.29, 0.717) is 19.5 Å². The van der Waals surface area contributed by atoms with Gasteiger partial charge in [0, 0.05) is 19.1 Å². The minimum atomic E-state index is -4.55. The number of nitrogens with one attached hydrogen (secondary N) is 1. The summed E-state index contributed by atoms with van der Waals surface area (Å²) in [5.41, 5.74) is -1.10. The van der Waals surface area contributed by atoms with Crippen LogP contribution in [-0.4, -0.2) is 38.9 Å². The van der Waals surface area contributed by atoms with Gasteiger partial charge in [0.2, 0.25) is 10.0 Å². The lowest BCUT2D eigenvalue weighted by molar-refractivity contribution is -0.138. The van der Waals surface area contributed by atoms with Crippen LogP contribution >= 0.6 is 0 Å². The van der Waals surface area contributed by atoms with E-state index in [-0.39, 0.29) is 11.6 Å². The first-order chi connectivity index (χ1) is 10.2. The first-order valence-electron chi connectivity index (χ1n) is 7.04. The Bertz CT molecular complexity index is 617. The minimum Gasteiger partial charge on any atom is -0.316 e. The van der Waals surface area contributed by atoms with E-state index in [9.17, 15) is 21.6 Å². The molecular weight excluding hydrogens is 317 g/mol. The normalized spacial score (nSPS) is 21.0. The lowest BCUT2D eigenvalue weighted by Crippen LogP contribution is -2.47. The largest absolute Gasteiger partial charge is 0.416 e. The number of likely N-dealkylation sites (N-methyl/N-ethyl adjacent to an activating group) is 1. The molecule has 0 bridgehead atoms. The molecule has 1 saturated heterocycles. The summed E-state index contributed by atoms with van der Waals surface area (Å²) in [7, 11) is -2.02. The van der Waals surface area contributed by atoms with Crippen LogP contribution < -0.4 is 5.32 Å². The van der Waals surface area contributed by atoms with Gasteiger partial charge in [0.15, 0.2) is 0 Å². The van der Waals surface area contributed by atoms with Gasteiger partial charge in [0.25, 0.3) is 0 Å². The van der Waals surface area contributed by atoms with Crippen molar-refractivity contribution in [1.29, 1.82) is 0 Å². The van der Waals surface area contributed by atoms with E-state index in [1.165, 1.54) is 22.5 Å². The van der Waals surface area contributed by atoms with Crippen molar-refractivity contribution in [3.63, 3.8) is 0 Å². The third kappa shape index (κ3) is 3.99. The molecule has 8 heteroatoms. The molecule has 1 heterocycles. The smallest absolute Gasteiger partial charge is 0.316 e. The summed E-state index contributed by atoms with van der Waals surface area (Å²) in [6.07, 6.45) is -2.99. The predicted molar refractivity (Wildman–Crippen MR) is 77.7 cm³/mol. The Labute approximate surface area is 128 Å². The van der Waals surface area contributed by atoms with Crippen LogP contribution in [0.2, 0.25) is 0 Å². The van der Waals surface area contributed by atoms with Gasteiger partial charge >= 0.3 is 6.18 Å². The zero-order valence-electron chi connectivity index (χ0n) is 12.2. The Morgan fingerprint density at radius 2 is 2.00 bits per heavy atom. The molecule has 0 saturated carbocycles. The molecule has 1 aliphatic heterocycles. The molecule has 4 nitrogen and oxygen atoms in total. The highest BCUT2D eigenvalue weighted by molar-refractivity contribution is 7.88. The third-order valence-electron chi connectivity index (χ3n) is 3.85. The van der Waals surface area contributed by atoms with Crippen molar-refractivity contribution in [2.45, 2.75) is 30.8 Å². The number of halogens is 3. The first-order valence-corrected chi connectivity index (χ1v) is 8.65. The molecule has 2 rings (SSSR count). The van der Waals surface area contributed by atoms with Crippen molar-refractivity contribution in [3.05, 3.63) is 35.4 Å². The molecule has 1 fully saturated rings. The fourth-order valence-corrected chi connectivity index (χ4v) is 4.28. The molecule has 1 aliphatic rings. The van der Waals surface area contributed by atoms with Crippen molar-refractivity contribution in [2.75, 3.05) is 20.1 Å². The highest BCUT2D eigenvalue weighted by atomic mass is 32.2. The van der Waals surface area contributed by atoms with Crippen LogP contribution in [0.1, 0.15) is 24.0 Å². The summed E-state index contributed by atoms with van der Waals surface area (Å²) in [6, 6.07) is 4.86. The quantitative estimate of drug-likeness (QED) is 0.917. The van der Waals surface area contributed by atoms with E-state index in [4.69, 9.17) is 0 Å². The number of piperidine rings is 1. The van der Waals surface area contributed by atoms with Crippen LogP contribution in [0.4, 0.5) is 13.2 Å². The summed E-state index contributed by atoms with van der Waals surface area (Å²) >= 11 is 0. The minimum absolute atomic E-state index is 0.0429. The molecule has 1 N–H and O–H groups in total. The molecule has 0 spiro atoms. The van der Waals surface area contributed by atoms with Gasteiger partial charge < -0.3 is 5.32 Å². The van der Waals surface area contributed by atoms with Gasteiger partial charge in [-0.15, -0.1) is 0 Å². The second kappa shape index (κ2) is 6.55. The number of hydrogen-bond donors (Lipinski definition) is 1. The number of alkyl halides is 3. The Balaban J connectivity index is 2.23. The van der Waals surface area contributed by atoms with Crippen LogP contribution in [0.15, 0.2) is 24.3 Å². The van der Waals surface area contributed by atoms with Crippen LogP contribution in [0.25, 0.3) is 0 Å². The van der Waals surface area contributed by atoms with Gasteiger partial charge in [-0.25, -0.2) is 12.7 Å². The SMILES string of the molecule is CNC1CCCN(S(=O)(=O)Cc2ccccc2C(F)(F)F)C1. The average molecular weight is 336 g/mol. The monoisotopic (exact) mass is 336 g/mol. The van der Waals surface area contributed by atoms with Crippen LogP contribution in [0.5, 0.6) is 0 Å². The molecule has 0 amide bonds. The van der Waals surface area contributed by atoms with Crippen molar-refractivity contribution in [1.82, 2.24) is 9.62 Å². The van der Waals surface area contributed by atoms with Crippen molar-refractivity contribution in [3.8, 4) is 0 Å². The maximum atomic E-state index is 13.0. The van der Waals surface area contributed by atoms with Crippen LogP contribution in [0.3, 0.4) is 0 Å². The van der Waals surface area contributed by atoms with Crippen molar-refractivity contribution >= 4 is 10.0 Å². The summed E-state index contributed by atoms with van der Waals surface area (Å²) in [4.78, 5) is 0. The molecule has 0 radical (unpaired) electrons. The number of hydrogen-bond acceptors (Lipinski definition) is 3. The number of sulfonamides is 1.